The Hall–Kier alpha value is -2.12. The van der Waals surface area contributed by atoms with Gasteiger partial charge in [-0.05, 0) is 25.0 Å². The van der Waals surface area contributed by atoms with E-state index in [1.165, 1.54) is 0 Å². The van der Waals surface area contributed by atoms with Gasteiger partial charge in [0.15, 0.2) is 0 Å². The van der Waals surface area contributed by atoms with Gasteiger partial charge in [-0.2, -0.15) is 0 Å². The van der Waals surface area contributed by atoms with Gasteiger partial charge in [0.05, 0.1) is 6.61 Å². The Morgan fingerprint density at radius 2 is 2.04 bits per heavy atom. The van der Waals surface area contributed by atoms with Gasteiger partial charge in [0, 0.05) is 52.1 Å². The van der Waals surface area contributed by atoms with Crippen LogP contribution in [0.1, 0.15) is 12.0 Å². The third-order valence-corrected chi connectivity index (χ3v) is 5.20. The molecule has 2 heterocycles. The maximum atomic E-state index is 12.9. The molecule has 0 radical (unpaired) electrons. The van der Waals surface area contributed by atoms with Crippen LogP contribution in [0.2, 0.25) is 0 Å². The Balaban J connectivity index is 1.67. The minimum absolute atomic E-state index is 0.101. The molecule has 1 atom stereocenters. The maximum Gasteiger partial charge on any atom is 0.321 e. The summed E-state index contributed by atoms with van der Waals surface area (Å²) in [7, 11) is 1.64. The van der Waals surface area contributed by atoms with Gasteiger partial charge in [-0.25, -0.2) is 4.79 Å². The van der Waals surface area contributed by atoms with E-state index in [1.54, 1.807) is 12.0 Å². The number of anilines is 1. The second kappa shape index (κ2) is 8.51. The highest BCUT2D eigenvalue weighted by Crippen LogP contribution is 2.19. The summed E-state index contributed by atoms with van der Waals surface area (Å²) in [5, 5.41) is 2.99. The number of rotatable bonds is 4. The van der Waals surface area contributed by atoms with Crippen molar-refractivity contribution in [1.82, 2.24) is 14.7 Å². The van der Waals surface area contributed by atoms with Crippen LogP contribution in [0.4, 0.5) is 10.5 Å². The van der Waals surface area contributed by atoms with Gasteiger partial charge in [-0.15, -0.1) is 0 Å². The lowest BCUT2D eigenvalue weighted by Gasteiger charge is -2.40. The minimum atomic E-state index is -0.259. The Labute approximate surface area is 154 Å². The summed E-state index contributed by atoms with van der Waals surface area (Å²) in [5.74, 6) is 0.101. The Morgan fingerprint density at radius 3 is 2.81 bits per heavy atom. The molecule has 0 aromatic heterocycles. The summed E-state index contributed by atoms with van der Waals surface area (Å²) >= 11 is 0. The van der Waals surface area contributed by atoms with Crippen molar-refractivity contribution in [2.75, 3.05) is 58.3 Å². The lowest BCUT2D eigenvalue weighted by molar-refractivity contribution is -0.142. The van der Waals surface area contributed by atoms with E-state index in [9.17, 15) is 9.59 Å². The third-order valence-electron chi connectivity index (χ3n) is 5.20. The predicted octanol–water partition coefficient (Wildman–Crippen LogP) is 1.39. The van der Waals surface area contributed by atoms with Crippen molar-refractivity contribution in [2.24, 2.45) is 0 Å². The Kier molecular flexibility index (Phi) is 6.11. The van der Waals surface area contributed by atoms with E-state index in [0.29, 0.717) is 26.2 Å². The molecule has 0 aliphatic carbocycles. The zero-order valence-corrected chi connectivity index (χ0v) is 15.6. The van der Waals surface area contributed by atoms with Crippen LogP contribution in [0.3, 0.4) is 0 Å². The number of methoxy groups -OCH3 is 1. The first-order chi connectivity index (χ1) is 12.6. The molecular formula is C19H28N4O3. The number of carbonyl (C=O) groups excluding carboxylic acids is 2. The summed E-state index contributed by atoms with van der Waals surface area (Å²) in [6, 6.07) is 7.33. The molecule has 0 saturated carbocycles. The molecule has 0 bridgehead atoms. The molecule has 142 valence electrons. The van der Waals surface area contributed by atoms with Gasteiger partial charge >= 0.3 is 6.03 Å². The van der Waals surface area contributed by atoms with Gasteiger partial charge < -0.3 is 19.9 Å². The Bertz CT molecular complexity index is 651. The standard InChI is InChI=1S/C19H28N4O3/c1-15-6-3-4-7-16(15)20-19(25)23-9-5-8-21-10-11-22(12-13-26-2)18(24)17(21)14-23/h3-4,6-7,17H,5,8-14H2,1-2H3,(H,20,25). The number of piperazine rings is 1. The fraction of sp³-hybridized carbons (Fsp3) is 0.579. The van der Waals surface area contributed by atoms with Crippen molar-refractivity contribution in [3.8, 4) is 0 Å². The van der Waals surface area contributed by atoms with Crippen LogP contribution in [0, 0.1) is 6.92 Å². The summed E-state index contributed by atoms with van der Waals surface area (Å²) in [6.07, 6.45) is 0.878. The first-order valence-electron chi connectivity index (χ1n) is 9.23. The minimum Gasteiger partial charge on any atom is -0.383 e. The molecule has 3 rings (SSSR count). The monoisotopic (exact) mass is 360 g/mol. The molecule has 2 aliphatic rings. The van der Waals surface area contributed by atoms with Crippen molar-refractivity contribution in [1.29, 1.82) is 0 Å². The number of para-hydroxylation sites is 1. The molecule has 0 spiro atoms. The second-order valence-electron chi connectivity index (χ2n) is 6.91. The number of nitrogens with zero attached hydrogens (tertiary/aromatic N) is 3. The molecule has 1 aromatic carbocycles. The number of nitrogens with one attached hydrogen (secondary N) is 1. The van der Waals surface area contributed by atoms with E-state index in [0.717, 1.165) is 37.3 Å². The highest BCUT2D eigenvalue weighted by molar-refractivity contribution is 5.91. The van der Waals surface area contributed by atoms with Crippen molar-refractivity contribution in [2.45, 2.75) is 19.4 Å². The number of amides is 3. The summed E-state index contributed by atoms with van der Waals surface area (Å²) in [4.78, 5) is 31.5. The SMILES string of the molecule is COCCN1CCN2CCCN(C(=O)Nc3ccccc3C)CC2C1=O. The molecule has 1 unspecified atom stereocenters. The first-order valence-corrected chi connectivity index (χ1v) is 9.23. The van der Waals surface area contributed by atoms with E-state index >= 15 is 0 Å². The van der Waals surface area contributed by atoms with E-state index in [2.05, 4.69) is 10.2 Å². The van der Waals surface area contributed by atoms with Gasteiger partial charge in [-0.1, -0.05) is 18.2 Å². The number of hydrogen-bond acceptors (Lipinski definition) is 4. The van der Waals surface area contributed by atoms with E-state index in [-0.39, 0.29) is 18.0 Å². The van der Waals surface area contributed by atoms with Crippen molar-refractivity contribution in [3.05, 3.63) is 29.8 Å². The predicted molar refractivity (Wildman–Crippen MR) is 100 cm³/mol. The molecule has 1 N–H and O–H groups in total. The van der Waals surface area contributed by atoms with Crippen LogP contribution in [-0.2, 0) is 9.53 Å². The van der Waals surface area contributed by atoms with Crippen LogP contribution >= 0.6 is 0 Å². The largest absolute Gasteiger partial charge is 0.383 e. The number of benzene rings is 1. The van der Waals surface area contributed by atoms with Crippen LogP contribution in [0.5, 0.6) is 0 Å². The summed E-state index contributed by atoms with van der Waals surface area (Å²) in [5.41, 5.74) is 1.84. The van der Waals surface area contributed by atoms with Crippen LogP contribution in [0.25, 0.3) is 0 Å². The quantitative estimate of drug-likeness (QED) is 0.881. The van der Waals surface area contributed by atoms with E-state index in [4.69, 9.17) is 4.74 Å². The summed E-state index contributed by atoms with van der Waals surface area (Å²) < 4.78 is 5.11. The molecule has 2 aliphatic heterocycles. The average Bonchev–Trinajstić information content (AvgIpc) is 2.86. The molecule has 1 aromatic rings. The summed E-state index contributed by atoms with van der Waals surface area (Å²) in [6.45, 7) is 6.64. The Morgan fingerprint density at radius 1 is 1.23 bits per heavy atom. The molecule has 26 heavy (non-hydrogen) atoms. The fourth-order valence-electron chi connectivity index (χ4n) is 3.62. The van der Waals surface area contributed by atoms with Crippen molar-refractivity contribution in [3.63, 3.8) is 0 Å². The smallest absolute Gasteiger partial charge is 0.321 e. The number of hydrogen-bond donors (Lipinski definition) is 1. The molecule has 7 heteroatoms. The van der Waals surface area contributed by atoms with Crippen LogP contribution < -0.4 is 5.32 Å². The van der Waals surface area contributed by atoms with E-state index < -0.39 is 0 Å². The van der Waals surface area contributed by atoms with Crippen LogP contribution in [-0.4, -0.2) is 85.7 Å². The number of aryl methyl sites for hydroxylation is 1. The molecule has 7 nitrogen and oxygen atoms in total. The zero-order valence-electron chi connectivity index (χ0n) is 15.6. The van der Waals surface area contributed by atoms with Crippen molar-refractivity contribution >= 4 is 17.6 Å². The van der Waals surface area contributed by atoms with Crippen molar-refractivity contribution < 1.29 is 14.3 Å². The lowest BCUT2D eigenvalue weighted by atomic mass is 10.1. The topological polar surface area (TPSA) is 65.1 Å². The molecule has 3 amide bonds. The third kappa shape index (κ3) is 4.16. The zero-order chi connectivity index (χ0) is 18.5. The van der Waals surface area contributed by atoms with E-state index in [1.807, 2.05) is 36.1 Å². The number of carbonyl (C=O) groups is 2. The highest BCUT2D eigenvalue weighted by Gasteiger charge is 2.38. The normalized spacial score (nSPS) is 21.3. The lowest BCUT2D eigenvalue weighted by Crippen LogP contribution is -2.60. The fourth-order valence-corrected chi connectivity index (χ4v) is 3.62. The van der Waals surface area contributed by atoms with Gasteiger partial charge in [0.1, 0.15) is 6.04 Å². The molecule has 2 saturated heterocycles. The maximum absolute atomic E-state index is 12.9. The first kappa shape index (κ1) is 18.7. The highest BCUT2D eigenvalue weighted by atomic mass is 16.5. The number of fused-ring (bicyclic) bond motifs is 1. The second-order valence-corrected chi connectivity index (χ2v) is 6.91. The number of ether oxygens (including phenoxy) is 1. The van der Waals surface area contributed by atoms with Gasteiger partial charge in [-0.3, -0.25) is 9.69 Å². The van der Waals surface area contributed by atoms with Gasteiger partial charge in [0.25, 0.3) is 0 Å². The van der Waals surface area contributed by atoms with Crippen LogP contribution in [0.15, 0.2) is 24.3 Å². The molecule has 2 fully saturated rings. The number of urea groups is 1. The average molecular weight is 360 g/mol. The molecular weight excluding hydrogens is 332 g/mol. The van der Waals surface area contributed by atoms with Gasteiger partial charge in [0.2, 0.25) is 5.91 Å².